The van der Waals surface area contributed by atoms with Crippen LogP contribution in [0.3, 0.4) is 0 Å². The van der Waals surface area contributed by atoms with Gasteiger partial charge in [0.1, 0.15) is 6.04 Å². The van der Waals surface area contributed by atoms with Gasteiger partial charge < -0.3 is 15.1 Å². The third-order valence-corrected chi connectivity index (χ3v) is 5.50. The molecular formula is C17H31N3O2S. The molecule has 2 saturated heterocycles. The lowest BCUT2D eigenvalue weighted by molar-refractivity contribution is -0.144. The van der Waals surface area contributed by atoms with E-state index in [0.29, 0.717) is 18.2 Å². The van der Waals surface area contributed by atoms with Gasteiger partial charge in [-0.25, -0.2) is 0 Å². The molecule has 132 valence electrons. The molecule has 1 atom stereocenters. The standard InChI is InChI=1S/C17H31N3O2S/c1-17(2,3)16(22)20-13-23-12-14(20)15(21)18-8-7-11-19-9-5-4-6-10-19/h14H,4-13H2,1-3H3,(H,18,21). The van der Waals surface area contributed by atoms with Crippen molar-refractivity contribution in [3.05, 3.63) is 0 Å². The number of hydrogen-bond donors (Lipinski definition) is 1. The van der Waals surface area contributed by atoms with Gasteiger partial charge in [-0.2, -0.15) is 0 Å². The van der Waals surface area contributed by atoms with Crippen LogP contribution in [-0.4, -0.2) is 65.5 Å². The fraction of sp³-hybridized carbons (Fsp3) is 0.882. The molecule has 0 spiro atoms. The first-order valence-electron chi connectivity index (χ1n) is 8.78. The first kappa shape index (κ1) is 18.6. The third kappa shape index (κ3) is 5.38. The monoisotopic (exact) mass is 341 g/mol. The van der Waals surface area contributed by atoms with Crippen LogP contribution in [0.15, 0.2) is 0 Å². The van der Waals surface area contributed by atoms with E-state index in [2.05, 4.69) is 10.2 Å². The molecule has 5 nitrogen and oxygen atoms in total. The Hall–Kier alpha value is -0.750. The Morgan fingerprint density at radius 2 is 1.87 bits per heavy atom. The predicted octanol–water partition coefficient (Wildman–Crippen LogP) is 1.93. The average Bonchev–Trinajstić information content (AvgIpc) is 3.00. The summed E-state index contributed by atoms with van der Waals surface area (Å²) in [6, 6.07) is -0.304. The number of rotatable bonds is 5. The number of hydrogen-bond acceptors (Lipinski definition) is 4. The summed E-state index contributed by atoms with van der Waals surface area (Å²) in [6.07, 6.45) is 4.94. The van der Waals surface area contributed by atoms with Crippen LogP contribution in [0.1, 0.15) is 46.5 Å². The Morgan fingerprint density at radius 1 is 1.17 bits per heavy atom. The van der Waals surface area contributed by atoms with Crippen LogP contribution in [-0.2, 0) is 9.59 Å². The molecule has 2 fully saturated rings. The maximum Gasteiger partial charge on any atom is 0.243 e. The minimum atomic E-state index is -0.433. The van der Waals surface area contributed by atoms with Gasteiger partial charge in [-0.15, -0.1) is 11.8 Å². The van der Waals surface area contributed by atoms with Crippen molar-refractivity contribution in [3.8, 4) is 0 Å². The lowest BCUT2D eigenvalue weighted by Gasteiger charge is -2.29. The maximum absolute atomic E-state index is 12.4. The lowest BCUT2D eigenvalue weighted by atomic mass is 9.94. The smallest absolute Gasteiger partial charge is 0.243 e. The molecule has 1 unspecified atom stereocenters. The number of nitrogens with one attached hydrogen (secondary N) is 1. The van der Waals surface area contributed by atoms with Crippen LogP contribution in [0, 0.1) is 5.41 Å². The second-order valence-electron chi connectivity index (χ2n) is 7.59. The SMILES string of the molecule is CC(C)(C)C(=O)N1CSCC1C(=O)NCCCN1CCCCC1. The molecule has 2 aliphatic rings. The van der Waals surface area contributed by atoms with Crippen molar-refractivity contribution >= 4 is 23.6 Å². The van der Waals surface area contributed by atoms with Crippen molar-refractivity contribution in [3.63, 3.8) is 0 Å². The lowest BCUT2D eigenvalue weighted by Crippen LogP contribution is -2.50. The number of carbonyl (C=O) groups is 2. The number of likely N-dealkylation sites (tertiary alicyclic amines) is 1. The largest absolute Gasteiger partial charge is 0.354 e. The highest BCUT2D eigenvalue weighted by Gasteiger charge is 2.38. The number of piperidine rings is 1. The number of thioether (sulfide) groups is 1. The molecule has 0 aliphatic carbocycles. The maximum atomic E-state index is 12.4. The van der Waals surface area contributed by atoms with Crippen molar-refractivity contribution in [1.82, 2.24) is 15.1 Å². The van der Waals surface area contributed by atoms with Gasteiger partial charge in [0.15, 0.2) is 0 Å². The molecule has 6 heteroatoms. The van der Waals surface area contributed by atoms with E-state index in [1.165, 1.54) is 32.4 Å². The fourth-order valence-electron chi connectivity index (χ4n) is 3.11. The Bertz CT molecular complexity index is 417. The van der Waals surface area contributed by atoms with Crippen molar-refractivity contribution in [2.24, 2.45) is 5.41 Å². The van der Waals surface area contributed by atoms with Gasteiger partial charge >= 0.3 is 0 Å². The summed E-state index contributed by atoms with van der Waals surface area (Å²) < 4.78 is 0. The van der Waals surface area contributed by atoms with Crippen molar-refractivity contribution < 1.29 is 9.59 Å². The molecule has 2 rings (SSSR count). The predicted molar refractivity (Wildman–Crippen MR) is 95.3 cm³/mol. The van der Waals surface area contributed by atoms with E-state index in [-0.39, 0.29) is 17.9 Å². The molecule has 0 aromatic rings. The first-order chi connectivity index (χ1) is 10.9. The molecule has 0 saturated carbocycles. The topological polar surface area (TPSA) is 52.7 Å². The van der Waals surface area contributed by atoms with Gasteiger partial charge in [-0.05, 0) is 38.9 Å². The van der Waals surface area contributed by atoms with Crippen LogP contribution in [0.25, 0.3) is 0 Å². The minimum Gasteiger partial charge on any atom is -0.354 e. The molecule has 0 aromatic heterocycles. The molecule has 2 aliphatic heterocycles. The van der Waals surface area contributed by atoms with Gasteiger partial charge in [0.2, 0.25) is 11.8 Å². The summed E-state index contributed by atoms with van der Waals surface area (Å²) >= 11 is 1.66. The summed E-state index contributed by atoms with van der Waals surface area (Å²) in [5.74, 6) is 1.41. The van der Waals surface area contributed by atoms with Crippen LogP contribution >= 0.6 is 11.8 Å². The van der Waals surface area contributed by atoms with Gasteiger partial charge in [0.25, 0.3) is 0 Å². The summed E-state index contributed by atoms with van der Waals surface area (Å²) in [4.78, 5) is 29.1. The Morgan fingerprint density at radius 3 is 2.52 bits per heavy atom. The molecule has 23 heavy (non-hydrogen) atoms. The van der Waals surface area contributed by atoms with E-state index in [0.717, 1.165) is 13.0 Å². The van der Waals surface area contributed by atoms with Crippen LogP contribution in [0.4, 0.5) is 0 Å². The van der Waals surface area contributed by atoms with E-state index < -0.39 is 5.41 Å². The Labute approximate surface area is 144 Å². The van der Waals surface area contributed by atoms with Crippen LogP contribution in [0.2, 0.25) is 0 Å². The zero-order valence-corrected chi connectivity index (χ0v) is 15.6. The zero-order valence-electron chi connectivity index (χ0n) is 14.8. The number of amides is 2. The highest BCUT2D eigenvalue weighted by molar-refractivity contribution is 7.99. The zero-order chi connectivity index (χ0) is 16.9. The number of nitrogens with zero attached hydrogens (tertiary/aromatic N) is 2. The molecule has 0 radical (unpaired) electrons. The van der Waals surface area contributed by atoms with E-state index in [1.54, 1.807) is 16.7 Å². The second kappa shape index (κ2) is 8.38. The van der Waals surface area contributed by atoms with Crippen molar-refractivity contribution in [2.75, 3.05) is 37.8 Å². The summed E-state index contributed by atoms with van der Waals surface area (Å²) in [5, 5.41) is 3.03. The van der Waals surface area contributed by atoms with Crippen LogP contribution in [0.5, 0.6) is 0 Å². The minimum absolute atomic E-state index is 0.00578. The van der Waals surface area contributed by atoms with E-state index in [9.17, 15) is 9.59 Å². The fourth-order valence-corrected chi connectivity index (χ4v) is 4.26. The third-order valence-electron chi connectivity index (χ3n) is 4.49. The van der Waals surface area contributed by atoms with Gasteiger partial charge in [0.05, 0.1) is 5.88 Å². The van der Waals surface area contributed by atoms with E-state index in [4.69, 9.17) is 0 Å². The van der Waals surface area contributed by atoms with Gasteiger partial charge in [0, 0.05) is 17.7 Å². The van der Waals surface area contributed by atoms with Gasteiger partial charge in [-0.1, -0.05) is 27.2 Å². The number of carbonyl (C=O) groups excluding carboxylic acids is 2. The van der Waals surface area contributed by atoms with Crippen molar-refractivity contribution in [2.45, 2.75) is 52.5 Å². The molecule has 2 heterocycles. The Balaban J connectivity index is 1.72. The normalized spacial score (nSPS) is 23.1. The van der Waals surface area contributed by atoms with Gasteiger partial charge in [-0.3, -0.25) is 9.59 Å². The summed E-state index contributed by atoms with van der Waals surface area (Å²) in [7, 11) is 0. The quantitative estimate of drug-likeness (QED) is 0.777. The van der Waals surface area contributed by atoms with Crippen LogP contribution < -0.4 is 5.32 Å². The van der Waals surface area contributed by atoms with E-state index >= 15 is 0 Å². The second-order valence-corrected chi connectivity index (χ2v) is 8.59. The Kier molecular flexibility index (Phi) is 6.77. The molecule has 0 aromatic carbocycles. The molecule has 2 amide bonds. The first-order valence-corrected chi connectivity index (χ1v) is 9.94. The highest BCUT2D eigenvalue weighted by atomic mass is 32.2. The average molecular weight is 342 g/mol. The molecule has 1 N–H and O–H groups in total. The van der Waals surface area contributed by atoms with Crippen molar-refractivity contribution in [1.29, 1.82) is 0 Å². The summed E-state index contributed by atoms with van der Waals surface area (Å²) in [6.45, 7) is 9.88. The summed E-state index contributed by atoms with van der Waals surface area (Å²) in [5.41, 5.74) is -0.433. The van der Waals surface area contributed by atoms with E-state index in [1.807, 2.05) is 20.8 Å². The molecule has 0 bridgehead atoms. The highest BCUT2D eigenvalue weighted by Crippen LogP contribution is 2.27. The molecular weight excluding hydrogens is 310 g/mol.